The Balaban J connectivity index is 1.61. The number of allylic oxidation sites excluding steroid dienone is 1. The summed E-state index contributed by atoms with van der Waals surface area (Å²) >= 11 is 1.36. The number of carbonyl (C=O) groups is 1. The minimum atomic E-state index is -0.0448. The van der Waals surface area contributed by atoms with Gasteiger partial charge < -0.3 is 5.32 Å². The Morgan fingerprint density at radius 2 is 2.07 bits per heavy atom. The van der Waals surface area contributed by atoms with Gasteiger partial charge in [-0.1, -0.05) is 47.7 Å². The minimum absolute atomic E-state index is 0.0448. The van der Waals surface area contributed by atoms with Crippen molar-refractivity contribution in [3.63, 3.8) is 0 Å². The summed E-state index contributed by atoms with van der Waals surface area (Å²) in [7, 11) is 0. The molecule has 138 valence electrons. The maximum absolute atomic E-state index is 12.2. The van der Waals surface area contributed by atoms with Crippen molar-refractivity contribution in [2.24, 2.45) is 0 Å². The van der Waals surface area contributed by atoms with Crippen LogP contribution in [0.5, 0.6) is 0 Å². The van der Waals surface area contributed by atoms with Crippen LogP contribution in [-0.2, 0) is 17.9 Å². The molecule has 0 spiro atoms. The molecule has 7 heteroatoms. The van der Waals surface area contributed by atoms with E-state index >= 15 is 0 Å². The topological polar surface area (TPSA) is 72.7 Å². The Bertz CT molecular complexity index is 906. The van der Waals surface area contributed by atoms with Gasteiger partial charge in [-0.2, -0.15) is 0 Å². The van der Waals surface area contributed by atoms with E-state index in [0.717, 1.165) is 11.1 Å². The molecule has 3 aromatic rings. The number of carbonyl (C=O) groups excluding carboxylic acids is 1. The van der Waals surface area contributed by atoms with Crippen molar-refractivity contribution in [3.8, 4) is 11.4 Å². The van der Waals surface area contributed by atoms with Crippen LogP contribution in [-0.4, -0.2) is 31.4 Å². The first-order valence-electron chi connectivity index (χ1n) is 8.57. The van der Waals surface area contributed by atoms with Crippen LogP contribution in [0.2, 0.25) is 0 Å². The average molecular weight is 379 g/mol. The fraction of sp³-hybridized carbons (Fsp3) is 0.200. The van der Waals surface area contributed by atoms with Gasteiger partial charge in [-0.25, -0.2) is 0 Å². The number of hydrogen-bond acceptors (Lipinski definition) is 5. The molecule has 0 aliphatic heterocycles. The van der Waals surface area contributed by atoms with Gasteiger partial charge in [0.1, 0.15) is 0 Å². The number of aryl methyl sites for hydroxylation is 1. The summed E-state index contributed by atoms with van der Waals surface area (Å²) in [4.78, 5) is 16.3. The Labute approximate surface area is 162 Å². The summed E-state index contributed by atoms with van der Waals surface area (Å²) in [5, 5.41) is 12.1. The largest absolute Gasteiger partial charge is 0.351 e. The molecule has 2 heterocycles. The molecule has 0 saturated heterocycles. The van der Waals surface area contributed by atoms with Crippen LogP contribution < -0.4 is 5.32 Å². The van der Waals surface area contributed by atoms with E-state index in [0.29, 0.717) is 24.1 Å². The fourth-order valence-corrected chi connectivity index (χ4v) is 3.26. The molecule has 0 saturated carbocycles. The molecule has 0 aliphatic carbocycles. The van der Waals surface area contributed by atoms with Gasteiger partial charge in [-0.3, -0.25) is 14.3 Å². The zero-order valence-corrected chi connectivity index (χ0v) is 15.9. The second-order valence-electron chi connectivity index (χ2n) is 6.00. The van der Waals surface area contributed by atoms with Crippen LogP contribution in [0.25, 0.3) is 11.4 Å². The van der Waals surface area contributed by atoms with Crippen molar-refractivity contribution in [3.05, 3.63) is 72.6 Å². The van der Waals surface area contributed by atoms with Crippen molar-refractivity contribution in [2.45, 2.75) is 25.2 Å². The van der Waals surface area contributed by atoms with Gasteiger partial charge in [-0.15, -0.1) is 16.8 Å². The van der Waals surface area contributed by atoms with E-state index in [2.05, 4.69) is 27.1 Å². The third kappa shape index (κ3) is 5.04. The second-order valence-corrected chi connectivity index (χ2v) is 6.94. The number of pyridine rings is 1. The van der Waals surface area contributed by atoms with Crippen LogP contribution in [0.3, 0.4) is 0 Å². The molecule has 6 nitrogen and oxygen atoms in total. The quantitative estimate of drug-likeness (QED) is 0.480. The molecule has 0 fully saturated rings. The number of rotatable bonds is 8. The highest BCUT2D eigenvalue weighted by atomic mass is 32.2. The molecular formula is C20H21N5OS. The average Bonchev–Trinajstić information content (AvgIpc) is 3.09. The number of amides is 1. The van der Waals surface area contributed by atoms with Crippen molar-refractivity contribution in [2.75, 3.05) is 5.75 Å². The van der Waals surface area contributed by atoms with Gasteiger partial charge in [0, 0.05) is 31.0 Å². The zero-order valence-electron chi connectivity index (χ0n) is 15.1. The Hall–Kier alpha value is -2.93. The number of benzene rings is 1. The van der Waals surface area contributed by atoms with Crippen LogP contribution in [0.4, 0.5) is 0 Å². The zero-order chi connectivity index (χ0) is 19.1. The molecule has 3 rings (SSSR count). The monoisotopic (exact) mass is 379 g/mol. The Morgan fingerprint density at radius 3 is 2.78 bits per heavy atom. The molecule has 0 bridgehead atoms. The van der Waals surface area contributed by atoms with E-state index in [9.17, 15) is 4.79 Å². The van der Waals surface area contributed by atoms with Crippen molar-refractivity contribution < 1.29 is 4.79 Å². The van der Waals surface area contributed by atoms with E-state index < -0.39 is 0 Å². The summed E-state index contributed by atoms with van der Waals surface area (Å²) in [6.45, 7) is 6.91. The number of thioether (sulfide) groups is 1. The normalized spacial score (nSPS) is 10.6. The Morgan fingerprint density at radius 1 is 1.26 bits per heavy atom. The predicted molar refractivity (Wildman–Crippen MR) is 107 cm³/mol. The lowest BCUT2D eigenvalue weighted by atomic mass is 10.1. The van der Waals surface area contributed by atoms with E-state index in [1.807, 2.05) is 47.9 Å². The highest BCUT2D eigenvalue weighted by Crippen LogP contribution is 2.23. The third-order valence-corrected chi connectivity index (χ3v) is 4.86. The van der Waals surface area contributed by atoms with Crippen molar-refractivity contribution in [1.29, 1.82) is 0 Å². The van der Waals surface area contributed by atoms with Crippen LogP contribution >= 0.6 is 11.8 Å². The molecule has 0 unspecified atom stereocenters. The molecular weight excluding hydrogens is 358 g/mol. The summed E-state index contributed by atoms with van der Waals surface area (Å²) in [5.41, 5.74) is 3.15. The predicted octanol–water partition coefficient (Wildman–Crippen LogP) is 3.24. The molecule has 27 heavy (non-hydrogen) atoms. The summed E-state index contributed by atoms with van der Waals surface area (Å²) in [6.07, 6.45) is 5.24. The molecule has 1 aromatic carbocycles. The van der Waals surface area contributed by atoms with Crippen molar-refractivity contribution in [1.82, 2.24) is 25.1 Å². The molecule has 0 radical (unpaired) electrons. The highest BCUT2D eigenvalue weighted by molar-refractivity contribution is 7.99. The number of nitrogens with zero attached hydrogens (tertiary/aromatic N) is 4. The van der Waals surface area contributed by atoms with Crippen LogP contribution in [0.1, 0.15) is 11.1 Å². The van der Waals surface area contributed by atoms with Gasteiger partial charge >= 0.3 is 0 Å². The van der Waals surface area contributed by atoms with E-state index in [-0.39, 0.29) is 11.7 Å². The maximum Gasteiger partial charge on any atom is 0.230 e. The van der Waals surface area contributed by atoms with E-state index in [4.69, 9.17) is 0 Å². The van der Waals surface area contributed by atoms with Gasteiger partial charge in [0.25, 0.3) is 0 Å². The smallest absolute Gasteiger partial charge is 0.230 e. The molecule has 0 atom stereocenters. The first kappa shape index (κ1) is 18.8. The van der Waals surface area contributed by atoms with Gasteiger partial charge in [0.2, 0.25) is 5.91 Å². The number of hydrogen-bond donors (Lipinski definition) is 1. The van der Waals surface area contributed by atoms with E-state index in [1.54, 1.807) is 18.5 Å². The molecule has 2 aromatic heterocycles. The fourth-order valence-electron chi connectivity index (χ4n) is 2.49. The standard InChI is InChI=1S/C20H21N5OS/c1-3-11-25-19(17-5-4-10-21-13-17)23-24-20(25)27-14-18(26)22-12-16-8-6-15(2)7-9-16/h3-10,13H,1,11-12,14H2,2H3,(H,22,26). The van der Waals surface area contributed by atoms with Crippen molar-refractivity contribution >= 4 is 17.7 Å². The lowest BCUT2D eigenvalue weighted by Crippen LogP contribution is -2.24. The summed E-state index contributed by atoms with van der Waals surface area (Å²) in [6, 6.07) is 11.9. The minimum Gasteiger partial charge on any atom is -0.351 e. The third-order valence-electron chi connectivity index (χ3n) is 3.89. The number of aromatic nitrogens is 4. The molecule has 1 amide bonds. The Kier molecular flexibility index (Phi) is 6.38. The summed E-state index contributed by atoms with van der Waals surface area (Å²) in [5.74, 6) is 0.941. The highest BCUT2D eigenvalue weighted by Gasteiger charge is 2.15. The van der Waals surface area contributed by atoms with Crippen LogP contribution in [0, 0.1) is 6.92 Å². The first-order valence-corrected chi connectivity index (χ1v) is 9.55. The number of nitrogens with one attached hydrogen (secondary N) is 1. The second kappa shape index (κ2) is 9.14. The van der Waals surface area contributed by atoms with Gasteiger partial charge in [-0.05, 0) is 24.6 Å². The lowest BCUT2D eigenvalue weighted by Gasteiger charge is -2.08. The molecule has 0 aliphatic rings. The summed E-state index contributed by atoms with van der Waals surface area (Å²) < 4.78 is 1.93. The SMILES string of the molecule is C=CCn1c(SCC(=O)NCc2ccc(C)cc2)nnc1-c1cccnc1. The molecule has 1 N–H and O–H groups in total. The van der Waals surface area contributed by atoms with Gasteiger partial charge in [0.05, 0.1) is 5.75 Å². The van der Waals surface area contributed by atoms with E-state index in [1.165, 1.54) is 17.3 Å². The maximum atomic E-state index is 12.2. The lowest BCUT2D eigenvalue weighted by molar-refractivity contribution is -0.118. The van der Waals surface area contributed by atoms with Crippen LogP contribution in [0.15, 0.2) is 66.6 Å². The first-order chi connectivity index (χ1) is 13.2. The van der Waals surface area contributed by atoms with Gasteiger partial charge in [0.15, 0.2) is 11.0 Å².